The second kappa shape index (κ2) is 5.38. The van der Waals surface area contributed by atoms with E-state index in [0.717, 1.165) is 24.0 Å². The van der Waals surface area contributed by atoms with E-state index in [4.69, 9.17) is 11.6 Å². The van der Waals surface area contributed by atoms with Gasteiger partial charge in [0.05, 0.1) is 10.9 Å². The number of aromatic nitrogens is 3. The van der Waals surface area contributed by atoms with Crippen molar-refractivity contribution in [2.75, 3.05) is 6.54 Å². The van der Waals surface area contributed by atoms with E-state index in [-0.39, 0.29) is 0 Å². The van der Waals surface area contributed by atoms with Crippen molar-refractivity contribution < 1.29 is 0 Å². The Bertz CT molecular complexity index is 496. The Kier molecular flexibility index (Phi) is 3.63. The fourth-order valence-electron chi connectivity index (χ4n) is 2.49. The van der Waals surface area contributed by atoms with Crippen LogP contribution in [0, 0.1) is 0 Å². The summed E-state index contributed by atoms with van der Waals surface area (Å²) in [4.78, 5) is 7.85. The van der Waals surface area contributed by atoms with Gasteiger partial charge in [-0.2, -0.15) is 5.10 Å². The first-order valence-corrected chi connectivity index (χ1v) is 7.31. The topological polar surface area (TPSA) is 34.0 Å². The van der Waals surface area contributed by atoms with E-state index in [1.807, 2.05) is 10.7 Å². The molecule has 0 aromatic carbocycles. The molecule has 3 rings (SSSR count). The van der Waals surface area contributed by atoms with Crippen LogP contribution in [-0.4, -0.2) is 32.3 Å². The number of halogens is 1. The van der Waals surface area contributed by atoms with Gasteiger partial charge >= 0.3 is 0 Å². The van der Waals surface area contributed by atoms with Gasteiger partial charge in [0.1, 0.15) is 12.7 Å². The Balaban J connectivity index is 1.64. The van der Waals surface area contributed by atoms with E-state index in [0.29, 0.717) is 6.04 Å². The predicted octanol–water partition coefficient (Wildman–Crippen LogP) is 2.66. The molecule has 1 aliphatic heterocycles. The van der Waals surface area contributed by atoms with Crippen LogP contribution in [0.5, 0.6) is 0 Å². The molecule has 0 aliphatic carbocycles. The SMILES string of the molecule is Clc1ccc(CN2CCC[C@H]2Cn2cncn2)s1. The Morgan fingerprint density at radius 1 is 1.44 bits per heavy atom. The molecule has 96 valence electrons. The maximum atomic E-state index is 5.97. The highest BCUT2D eigenvalue weighted by Crippen LogP contribution is 2.26. The molecule has 0 unspecified atom stereocenters. The smallest absolute Gasteiger partial charge is 0.137 e. The lowest BCUT2D eigenvalue weighted by atomic mass is 10.2. The van der Waals surface area contributed by atoms with Crippen molar-refractivity contribution in [3.05, 3.63) is 34.0 Å². The van der Waals surface area contributed by atoms with Crippen molar-refractivity contribution in [3.63, 3.8) is 0 Å². The summed E-state index contributed by atoms with van der Waals surface area (Å²) in [5.41, 5.74) is 0. The van der Waals surface area contributed by atoms with E-state index in [2.05, 4.69) is 21.0 Å². The van der Waals surface area contributed by atoms with E-state index in [1.165, 1.54) is 17.7 Å². The molecule has 6 heteroatoms. The molecule has 0 N–H and O–H groups in total. The highest BCUT2D eigenvalue weighted by Gasteiger charge is 2.25. The van der Waals surface area contributed by atoms with Crippen LogP contribution in [0.15, 0.2) is 24.8 Å². The molecule has 1 aliphatic rings. The zero-order valence-corrected chi connectivity index (χ0v) is 11.6. The number of nitrogens with zero attached hydrogens (tertiary/aromatic N) is 4. The van der Waals surface area contributed by atoms with Crippen LogP contribution in [0.2, 0.25) is 4.34 Å². The minimum atomic E-state index is 0.563. The summed E-state index contributed by atoms with van der Waals surface area (Å²) in [5, 5.41) is 4.19. The second-order valence-corrected chi connectivity index (χ2v) is 6.39. The zero-order valence-electron chi connectivity index (χ0n) is 10.00. The number of hydrogen-bond donors (Lipinski definition) is 0. The molecule has 1 atom stereocenters. The fraction of sp³-hybridized carbons (Fsp3) is 0.500. The average Bonchev–Trinajstić information content (AvgIpc) is 3.05. The van der Waals surface area contributed by atoms with Crippen molar-refractivity contribution in [1.29, 1.82) is 0 Å². The third-order valence-electron chi connectivity index (χ3n) is 3.35. The van der Waals surface area contributed by atoms with Gasteiger partial charge in [0.2, 0.25) is 0 Å². The fourth-order valence-corrected chi connectivity index (χ4v) is 3.60. The molecule has 3 heterocycles. The van der Waals surface area contributed by atoms with Gasteiger partial charge in [0.15, 0.2) is 0 Å². The minimum absolute atomic E-state index is 0.563. The van der Waals surface area contributed by atoms with Crippen LogP contribution >= 0.6 is 22.9 Å². The van der Waals surface area contributed by atoms with Crippen LogP contribution in [-0.2, 0) is 13.1 Å². The first-order valence-electron chi connectivity index (χ1n) is 6.12. The van der Waals surface area contributed by atoms with Crippen LogP contribution < -0.4 is 0 Å². The molecule has 0 amide bonds. The van der Waals surface area contributed by atoms with Crippen molar-refractivity contribution >= 4 is 22.9 Å². The molecule has 2 aromatic heterocycles. The quantitative estimate of drug-likeness (QED) is 0.865. The highest BCUT2D eigenvalue weighted by molar-refractivity contribution is 7.16. The van der Waals surface area contributed by atoms with Gasteiger partial charge in [-0.15, -0.1) is 11.3 Å². The molecule has 1 fully saturated rings. The molecular weight excluding hydrogens is 268 g/mol. The van der Waals surface area contributed by atoms with Gasteiger partial charge in [-0.25, -0.2) is 4.98 Å². The molecule has 0 spiro atoms. The first kappa shape index (κ1) is 12.1. The zero-order chi connectivity index (χ0) is 12.4. The second-order valence-electron chi connectivity index (χ2n) is 4.59. The molecule has 2 aromatic rings. The minimum Gasteiger partial charge on any atom is -0.293 e. The summed E-state index contributed by atoms with van der Waals surface area (Å²) in [6.45, 7) is 3.09. The van der Waals surface area contributed by atoms with E-state index in [1.54, 1.807) is 24.0 Å². The monoisotopic (exact) mass is 282 g/mol. The van der Waals surface area contributed by atoms with Gasteiger partial charge in [-0.1, -0.05) is 11.6 Å². The molecule has 1 saturated heterocycles. The van der Waals surface area contributed by atoms with E-state index >= 15 is 0 Å². The third-order valence-corrected chi connectivity index (χ3v) is 4.57. The highest BCUT2D eigenvalue weighted by atomic mass is 35.5. The number of thiophene rings is 1. The van der Waals surface area contributed by atoms with Crippen molar-refractivity contribution in [2.24, 2.45) is 0 Å². The largest absolute Gasteiger partial charge is 0.293 e. The van der Waals surface area contributed by atoms with Gasteiger partial charge in [0.25, 0.3) is 0 Å². The number of rotatable bonds is 4. The average molecular weight is 283 g/mol. The van der Waals surface area contributed by atoms with E-state index in [9.17, 15) is 0 Å². The Hall–Kier alpha value is -0.910. The Morgan fingerprint density at radius 3 is 3.11 bits per heavy atom. The first-order chi connectivity index (χ1) is 8.81. The molecule has 0 bridgehead atoms. The van der Waals surface area contributed by atoms with Gasteiger partial charge in [-0.05, 0) is 31.5 Å². The summed E-state index contributed by atoms with van der Waals surface area (Å²) < 4.78 is 2.79. The number of likely N-dealkylation sites (tertiary alicyclic amines) is 1. The van der Waals surface area contributed by atoms with E-state index < -0.39 is 0 Å². The molecule has 0 saturated carbocycles. The molecule has 0 radical (unpaired) electrons. The van der Waals surface area contributed by atoms with Crippen LogP contribution in [0.4, 0.5) is 0 Å². The van der Waals surface area contributed by atoms with Gasteiger partial charge in [0, 0.05) is 17.5 Å². The lowest BCUT2D eigenvalue weighted by Gasteiger charge is -2.23. The van der Waals surface area contributed by atoms with Gasteiger partial charge < -0.3 is 0 Å². The van der Waals surface area contributed by atoms with Crippen LogP contribution in [0.25, 0.3) is 0 Å². The molecule has 18 heavy (non-hydrogen) atoms. The van der Waals surface area contributed by atoms with Crippen molar-refractivity contribution in [2.45, 2.75) is 32.0 Å². The summed E-state index contributed by atoms with van der Waals surface area (Å²) in [7, 11) is 0. The van der Waals surface area contributed by atoms with Crippen LogP contribution in [0.1, 0.15) is 17.7 Å². The molecular formula is C12H15ClN4S. The normalized spacial score (nSPS) is 20.6. The Morgan fingerprint density at radius 2 is 2.39 bits per heavy atom. The summed E-state index contributed by atoms with van der Waals surface area (Å²) in [6, 6.07) is 4.66. The summed E-state index contributed by atoms with van der Waals surface area (Å²) >= 11 is 7.65. The maximum absolute atomic E-state index is 5.97. The maximum Gasteiger partial charge on any atom is 0.137 e. The standard InChI is InChI=1S/C12H15ClN4S/c13-12-4-3-11(18-12)7-16-5-1-2-10(16)6-17-9-14-8-15-17/h3-4,8-10H,1-2,5-7H2/t10-/m0/s1. The predicted molar refractivity (Wildman–Crippen MR) is 72.8 cm³/mol. The molecule has 4 nitrogen and oxygen atoms in total. The van der Waals surface area contributed by atoms with Crippen molar-refractivity contribution in [1.82, 2.24) is 19.7 Å². The van der Waals surface area contributed by atoms with Crippen LogP contribution in [0.3, 0.4) is 0 Å². The lowest BCUT2D eigenvalue weighted by Crippen LogP contribution is -2.32. The Labute approximate surface area is 115 Å². The number of hydrogen-bond acceptors (Lipinski definition) is 4. The summed E-state index contributed by atoms with van der Waals surface area (Å²) in [6.07, 6.45) is 5.88. The lowest BCUT2D eigenvalue weighted by molar-refractivity contribution is 0.221. The van der Waals surface area contributed by atoms with Crippen molar-refractivity contribution in [3.8, 4) is 0 Å². The summed E-state index contributed by atoms with van der Waals surface area (Å²) in [5.74, 6) is 0. The third kappa shape index (κ3) is 2.74. The van der Waals surface area contributed by atoms with Gasteiger partial charge in [-0.3, -0.25) is 9.58 Å².